The minimum Gasteiger partial charge on any atom is -0.496 e. The second-order valence-electron chi connectivity index (χ2n) is 7.84. The summed E-state index contributed by atoms with van der Waals surface area (Å²) in [4.78, 5) is 13.4. The number of fused-ring (bicyclic) bond motifs is 3. The molecule has 7 nitrogen and oxygen atoms in total. The lowest BCUT2D eigenvalue weighted by Gasteiger charge is -2.13. The van der Waals surface area contributed by atoms with Gasteiger partial charge in [-0.1, -0.05) is 42.1 Å². The number of para-hydroxylation sites is 2. The van der Waals surface area contributed by atoms with E-state index in [0.29, 0.717) is 41.0 Å². The fourth-order valence-corrected chi connectivity index (χ4v) is 4.77. The van der Waals surface area contributed by atoms with Gasteiger partial charge in [-0.3, -0.25) is 13.8 Å². The number of hydrogen-bond donors (Lipinski definition) is 0. The van der Waals surface area contributed by atoms with E-state index in [2.05, 4.69) is 10.2 Å². The van der Waals surface area contributed by atoms with Crippen molar-refractivity contribution in [2.24, 2.45) is 0 Å². The first-order valence-corrected chi connectivity index (χ1v) is 12.1. The molecule has 35 heavy (non-hydrogen) atoms. The van der Waals surface area contributed by atoms with Gasteiger partial charge in [0.1, 0.15) is 17.3 Å². The molecule has 0 unspecified atom stereocenters. The van der Waals surface area contributed by atoms with Crippen molar-refractivity contribution in [3.8, 4) is 11.5 Å². The number of hydrogen-bond acceptors (Lipinski definition) is 6. The van der Waals surface area contributed by atoms with E-state index in [1.54, 1.807) is 35.6 Å². The molecule has 0 bridgehead atoms. The van der Waals surface area contributed by atoms with Crippen molar-refractivity contribution in [3.05, 3.63) is 94.5 Å². The van der Waals surface area contributed by atoms with Crippen LogP contribution in [0.2, 0.25) is 0 Å². The molecule has 0 spiro atoms. The highest BCUT2D eigenvalue weighted by atomic mass is 32.2. The van der Waals surface area contributed by atoms with Crippen molar-refractivity contribution in [1.82, 2.24) is 19.2 Å². The van der Waals surface area contributed by atoms with Crippen LogP contribution in [0.25, 0.3) is 16.7 Å². The van der Waals surface area contributed by atoms with Gasteiger partial charge in [-0.15, -0.1) is 10.2 Å². The fraction of sp³-hybridized carbons (Fsp3) is 0.192. The quantitative estimate of drug-likeness (QED) is 0.218. The van der Waals surface area contributed by atoms with Gasteiger partial charge in [-0.25, -0.2) is 4.39 Å². The summed E-state index contributed by atoms with van der Waals surface area (Å²) >= 11 is 1.55. The molecule has 178 valence electrons. The van der Waals surface area contributed by atoms with E-state index in [9.17, 15) is 9.18 Å². The van der Waals surface area contributed by atoms with Crippen LogP contribution in [0, 0.1) is 5.82 Å². The monoisotopic (exact) mass is 490 g/mol. The summed E-state index contributed by atoms with van der Waals surface area (Å²) in [7, 11) is 1.61. The van der Waals surface area contributed by atoms with Crippen molar-refractivity contribution < 1.29 is 13.9 Å². The van der Waals surface area contributed by atoms with Crippen molar-refractivity contribution >= 4 is 28.4 Å². The third-order valence-corrected chi connectivity index (χ3v) is 6.62. The van der Waals surface area contributed by atoms with E-state index < -0.39 is 0 Å². The molecule has 2 aromatic heterocycles. The average molecular weight is 491 g/mol. The summed E-state index contributed by atoms with van der Waals surface area (Å²) in [6.45, 7) is 0.806. The molecule has 0 amide bonds. The Hall–Kier alpha value is -3.85. The Morgan fingerprint density at radius 2 is 1.74 bits per heavy atom. The number of halogens is 1. The molecule has 0 saturated carbocycles. The Balaban J connectivity index is 1.42. The Morgan fingerprint density at radius 3 is 2.57 bits per heavy atom. The van der Waals surface area contributed by atoms with Crippen LogP contribution >= 0.6 is 11.8 Å². The summed E-state index contributed by atoms with van der Waals surface area (Å²) in [6, 6.07) is 21.1. The highest BCUT2D eigenvalue weighted by molar-refractivity contribution is 7.99. The van der Waals surface area contributed by atoms with E-state index >= 15 is 0 Å². The number of thioether (sulfide) groups is 1. The van der Waals surface area contributed by atoms with Crippen LogP contribution in [0.1, 0.15) is 12.0 Å². The largest absolute Gasteiger partial charge is 0.496 e. The van der Waals surface area contributed by atoms with Crippen LogP contribution in [0.4, 0.5) is 4.39 Å². The number of aromatic nitrogens is 4. The van der Waals surface area contributed by atoms with E-state index in [4.69, 9.17) is 9.47 Å². The molecule has 0 N–H and O–H groups in total. The topological polar surface area (TPSA) is 70.7 Å². The maximum atomic E-state index is 13.4. The van der Waals surface area contributed by atoms with E-state index in [1.165, 1.54) is 12.1 Å². The molecule has 3 aromatic carbocycles. The predicted molar refractivity (Wildman–Crippen MR) is 134 cm³/mol. The molecule has 0 atom stereocenters. The molecule has 0 aliphatic rings. The standard InChI is InChI=1S/C26H23FN4O3S/c1-33-23-10-5-2-7-18(23)17-30-24(32)21-8-3-4-9-22(21)31-25(30)28-29-26(31)35-16-6-15-34-20-13-11-19(27)12-14-20/h2-5,7-14H,6,15-17H2,1H3. The fourth-order valence-electron chi connectivity index (χ4n) is 3.92. The molecular weight excluding hydrogens is 467 g/mol. The van der Waals surface area contributed by atoms with Crippen molar-refractivity contribution in [2.75, 3.05) is 19.5 Å². The van der Waals surface area contributed by atoms with Gasteiger partial charge < -0.3 is 9.47 Å². The molecule has 0 saturated heterocycles. The zero-order valence-electron chi connectivity index (χ0n) is 19.1. The molecule has 5 rings (SSSR count). The lowest BCUT2D eigenvalue weighted by Crippen LogP contribution is -2.24. The van der Waals surface area contributed by atoms with Crippen molar-refractivity contribution in [2.45, 2.75) is 18.1 Å². The van der Waals surface area contributed by atoms with Crippen LogP contribution in [-0.2, 0) is 6.54 Å². The van der Waals surface area contributed by atoms with Gasteiger partial charge in [-0.05, 0) is 48.9 Å². The first-order chi connectivity index (χ1) is 17.2. The molecule has 5 aromatic rings. The van der Waals surface area contributed by atoms with Crippen LogP contribution in [0.3, 0.4) is 0 Å². The molecule has 0 fully saturated rings. The van der Waals surface area contributed by atoms with E-state index in [0.717, 1.165) is 23.3 Å². The maximum absolute atomic E-state index is 13.4. The zero-order chi connectivity index (χ0) is 24.2. The van der Waals surface area contributed by atoms with Crippen molar-refractivity contribution in [1.29, 1.82) is 0 Å². The van der Waals surface area contributed by atoms with Crippen LogP contribution in [-0.4, -0.2) is 38.6 Å². The Bertz CT molecular complexity index is 1530. The van der Waals surface area contributed by atoms with Crippen LogP contribution < -0.4 is 15.0 Å². The SMILES string of the molecule is COc1ccccc1Cn1c(=O)c2ccccc2n2c(SCCCOc3ccc(F)cc3)nnc12. The van der Waals surface area contributed by atoms with Gasteiger partial charge in [0, 0.05) is 11.3 Å². The van der Waals surface area contributed by atoms with E-state index in [1.807, 2.05) is 52.9 Å². The lowest BCUT2D eigenvalue weighted by molar-refractivity contribution is 0.318. The Morgan fingerprint density at radius 1 is 0.971 bits per heavy atom. The smallest absolute Gasteiger partial charge is 0.263 e. The first kappa shape index (κ1) is 22.9. The highest BCUT2D eigenvalue weighted by Gasteiger charge is 2.18. The number of benzene rings is 3. The lowest BCUT2D eigenvalue weighted by atomic mass is 10.2. The summed E-state index contributed by atoms with van der Waals surface area (Å²) in [5.41, 5.74) is 1.51. The minimum atomic E-state index is -0.289. The molecular formula is C26H23FN4O3S. The summed E-state index contributed by atoms with van der Waals surface area (Å²) in [5.74, 6) is 2.27. The number of rotatable bonds is 9. The zero-order valence-corrected chi connectivity index (χ0v) is 19.9. The van der Waals surface area contributed by atoms with Crippen LogP contribution in [0.15, 0.2) is 82.7 Å². The molecule has 0 aliphatic carbocycles. The minimum absolute atomic E-state index is 0.129. The van der Waals surface area contributed by atoms with Gasteiger partial charge in [-0.2, -0.15) is 0 Å². The number of nitrogens with zero attached hydrogens (tertiary/aromatic N) is 4. The van der Waals surface area contributed by atoms with Gasteiger partial charge in [0.05, 0.1) is 31.2 Å². The van der Waals surface area contributed by atoms with Crippen molar-refractivity contribution in [3.63, 3.8) is 0 Å². The molecule has 2 heterocycles. The Labute approximate surface area is 205 Å². The molecule has 0 radical (unpaired) electrons. The van der Waals surface area contributed by atoms with Gasteiger partial charge >= 0.3 is 0 Å². The number of ether oxygens (including phenoxy) is 2. The first-order valence-electron chi connectivity index (χ1n) is 11.2. The van der Waals surface area contributed by atoms with Gasteiger partial charge in [0.25, 0.3) is 5.56 Å². The second kappa shape index (κ2) is 10.2. The third kappa shape index (κ3) is 4.72. The molecule has 9 heteroatoms. The summed E-state index contributed by atoms with van der Waals surface area (Å²) in [5, 5.41) is 10.1. The number of methoxy groups -OCH3 is 1. The maximum Gasteiger partial charge on any atom is 0.263 e. The van der Waals surface area contributed by atoms with Gasteiger partial charge in [0.2, 0.25) is 5.78 Å². The normalized spacial score (nSPS) is 11.3. The Kier molecular flexibility index (Phi) is 6.67. The molecule has 0 aliphatic heterocycles. The third-order valence-electron chi connectivity index (χ3n) is 5.60. The van der Waals surface area contributed by atoms with E-state index in [-0.39, 0.29) is 11.4 Å². The second-order valence-corrected chi connectivity index (χ2v) is 8.90. The highest BCUT2D eigenvalue weighted by Crippen LogP contribution is 2.24. The van der Waals surface area contributed by atoms with Crippen LogP contribution in [0.5, 0.6) is 11.5 Å². The summed E-state index contributed by atoms with van der Waals surface area (Å²) < 4.78 is 27.8. The average Bonchev–Trinajstić information content (AvgIpc) is 3.31. The summed E-state index contributed by atoms with van der Waals surface area (Å²) in [6.07, 6.45) is 0.760. The predicted octanol–water partition coefficient (Wildman–Crippen LogP) is 4.80. The van der Waals surface area contributed by atoms with Gasteiger partial charge in [0.15, 0.2) is 5.16 Å².